The fourth-order valence-electron chi connectivity index (χ4n) is 3.01. The molecule has 30 heavy (non-hydrogen) atoms. The summed E-state index contributed by atoms with van der Waals surface area (Å²) in [5.74, 6) is 0.478. The molecule has 1 saturated heterocycles. The zero-order valence-electron chi connectivity index (χ0n) is 15.7. The van der Waals surface area contributed by atoms with E-state index >= 15 is 0 Å². The molecule has 2 aromatic carbocycles. The highest BCUT2D eigenvalue weighted by atomic mass is 32.2. The largest absolute Gasteiger partial charge is 0.457 e. The number of imide groups is 1. The predicted molar refractivity (Wildman–Crippen MR) is 115 cm³/mol. The summed E-state index contributed by atoms with van der Waals surface area (Å²) in [5, 5.41) is 4.73. The average Bonchev–Trinajstić information content (AvgIpc) is 3.27. The number of benzene rings is 2. The maximum atomic E-state index is 12.8. The van der Waals surface area contributed by atoms with Gasteiger partial charge >= 0.3 is 0 Å². The van der Waals surface area contributed by atoms with Gasteiger partial charge in [0.15, 0.2) is 0 Å². The van der Waals surface area contributed by atoms with Crippen molar-refractivity contribution in [2.24, 2.45) is 5.14 Å². The van der Waals surface area contributed by atoms with E-state index in [-0.39, 0.29) is 15.0 Å². The molecule has 7 nitrogen and oxygen atoms in total. The van der Waals surface area contributed by atoms with Crippen LogP contribution in [0.2, 0.25) is 0 Å². The molecular formula is C21H16N2O5S2. The molecule has 2 amide bonds. The normalized spacial score (nSPS) is 15.9. The summed E-state index contributed by atoms with van der Waals surface area (Å²) >= 11 is 0.848. The molecule has 1 fully saturated rings. The minimum atomic E-state index is -3.77. The molecule has 2 N–H and O–H groups in total. The lowest BCUT2D eigenvalue weighted by Gasteiger charge is -2.14. The fraction of sp³-hybridized carbons (Fsp3) is 0.0476. The van der Waals surface area contributed by atoms with Crippen molar-refractivity contribution in [3.05, 3.63) is 76.9 Å². The number of hydrogen-bond acceptors (Lipinski definition) is 6. The van der Waals surface area contributed by atoms with Gasteiger partial charge in [-0.1, -0.05) is 18.2 Å². The number of hydrogen-bond donors (Lipinski definition) is 1. The maximum absolute atomic E-state index is 12.8. The number of para-hydroxylation sites is 1. The highest BCUT2D eigenvalue weighted by Crippen LogP contribution is 2.37. The van der Waals surface area contributed by atoms with Gasteiger partial charge in [-0.15, -0.1) is 0 Å². The third-order valence-corrected chi connectivity index (χ3v) is 6.32. The summed E-state index contributed by atoms with van der Waals surface area (Å²) < 4.78 is 28.5. The van der Waals surface area contributed by atoms with Gasteiger partial charge in [0.2, 0.25) is 10.0 Å². The van der Waals surface area contributed by atoms with Crippen molar-refractivity contribution < 1.29 is 22.4 Å². The first-order chi connectivity index (χ1) is 14.2. The van der Waals surface area contributed by atoms with E-state index in [1.165, 1.54) is 18.2 Å². The molecule has 0 radical (unpaired) electrons. The molecule has 0 bridgehead atoms. The van der Waals surface area contributed by atoms with Crippen LogP contribution in [0.3, 0.4) is 0 Å². The topological polar surface area (TPSA) is 111 Å². The van der Waals surface area contributed by atoms with Gasteiger partial charge in [0, 0.05) is 11.6 Å². The van der Waals surface area contributed by atoms with Crippen molar-refractivity contribution >= 4 is 44.7 Å². The van der Waals surface area contributed by atoms with Crippen molar-refractivity contribution in [2.75, 3.05) is 4.90 Å². The molecule has 0 unspecified atom stereocenters. The Hall–Kier alpha value is -3.14. The van der Waals surface area contributed by atoms with Gasteiger partial charge < -0.3 is 4.42 Å². The number of carbonyl (C=O) groups is 2. The third kappa shape index (κ3) is 3.82. The van der Waals surface area contributed by atoms with Crippen LogP contribution >= 0.6 is 11.8 Å². The van der Waals surface area contributed by atoms with Gasteiger partial charge in [0.25, 0.3) is 11.1 Å². The van der Waals surface area contributed by atoms with Crippen molar-refractivity contribution in [3.63, 3.8) is 0 Å². The average molecular weight is 441 g/mol. The minimum Gasteiger partial charge on any atom is -0.457 e. The van der Waals surface area contributed by atoms with Crippen LogP contribution in [0.1, 0.15) is 11.3 Å². The monoisotopic (exact) mass is 440 g/mol. The molecule has 2 heterocycles. The molecule has 4 rings (SSSR count). The third-order valence-electron chi connectivity index (χ3n) is 4.52. The summed E-state index contributed by atoms with van der Waals surface area (Å²) in [6, 6.07) is 16.5. The Morgan fingerprint density at radius 3 is 2.37 bits per heavy atom. The predicted octanol–water partition coefficient (Wildman–Crippen LogP) is 4.14. The first kappa shape index (κ1) is 20.1. The van der Waals surface area contributed by atoms with E-state index in [1.54, 1.807) is 36.4 Å². The number of anilines is 1. The summed E-state index contributed by atoms with van der Waals surface area (Å²) in [4.78, 5) is 26.6. The number of nitrogens with two attached hydrogens (primary N) is 1. The van der Waals surface area contributed by atoms with E-state index in [0.717, 1.165) is 22.2 Å². The molecule has 0 atom stereocenters. The Bertz CT molecular complexity index is 1290. The lowest BCUT2D eigenvalue weighted by atomic mass is 10.2. The Labute approximate surface area is 177 Å². The number of aryl methyl sites for hydroxylation is 1. The number of nitrogens with zero attached hydrogens (tertiary/aromatic N) is 1. The zero-order valence-corrected chi connectivity index (χ0v) is 17.4. The quantitative estimate of drug-likeness (QED) is 0.611. The van der Waals surface area contributed by atoms with E-state index in [4.69, 9.17) is 9.56 Å². The Morgan fingerprint density at radius 2 is 1.70 bits per heavy atom. The number of primary sulfonamides is 1. The Balaban J connectivity index is 1.59. The van der Waals surface area contributed by atoms with E-state index in [9.17, 15) is 18.0 Å². The van der Waals surface area contributed by atoms with Crippen molar-refractivity contribution in [3.8, 4) is 11.3 Å². The molecule has 1 aliphatic heterocycles. The number of thioether (sulfide) groups is 1. The van der Waals surface area contributed by atoms with Crippen LogP contribution in [0.4, 0.5) is 10.5 Å². The summed E-state index contributed by atoms with van der Waals surface area (Å²) in [5.41, 5.74) is 2.03. The maximum Gasteiger partial charge on any atom is 0.298 e. The fourth-order valence-corrected chi connectivity index (χ4v) is 4.34. The Kier molecular flexibility index (Phi) is 5.10. The molecule has 0 spiro atoms. The molecule has 1 aliphatic rings. The van der Waals surface area contributed by atoms with Crippen LogP contribution in [0.25, 0.3) is 17.4 Å². The molecule has 1 aromatic heterocycles. The highest BCUT2D eigenvalue weighted by Gasteiger charge is 2.37. The standard InChI is InChI=1S/C21H16N2O5S2/c1-13-4-2-3-5-17(13)23-20(24)19(29-21(23)25)12-15-8-11-18(28-15)14-6-9-16(10-7-14)30(22,26)27/h2-12H,1H3,(H2,22,26,27)/b19-12-. The van der Waals surface area contributed by atoms with E-state index in [0.29, 0.717) is 22.8 Å². The van der Waals surface area contributed by atoms with Crippen molar-refractivity contribution in [1.29, 1.82) is 0 Å². The van der Waals surface area contributed by atoms with Gasteiger partial charge in [-0.3, -0.25) is 9.59 Å². The van der Waals surface area contributed by atoms with E-state index in [2.05, 4.69) is 0 Å². The number of furan rings is 1. The molecule has 152 valence electrons. The molecular weight excluding hydrogens is 424 g/mol. The van der Waals surface area contributed by atoms with Crippen molar-refractivity contribution in [1.82, 2.24) is 0 Å². The minimum absolute atomic E-state index is 0.00269. The van der Waals surface area contributed by atoms with Gasteiger partial charge in [-0.2, -0.15) is 0 Å². The van der Waals surface area contributed by atoms with E-state index in [1.807, 2.05) is 19.1 Å². The lowest BCUT2D eigenvalue weighted by Crippen LogP contribution is -2.28. The second-order valence-corrected chi connectivity index (χ2v) is 9.13. The smallest absolute Gasteiger partial charge is 0.298 e. The summed E-state index contributed by atoms with van der Waals surface area (Å²) in [6.45, 7) is 1.84. The Morgan fingerprint density at radius 1 is 1.00 bits per heavy atom. The van der Waals surface area contributed by atoms with Crippen LogP contribution < -0.4 is 10.0 Å². The first-order valence-corrected chi connectivity index (χ1v) is 11.2. The van der Waals surface area contributed by atoms with Gasteiger partial charge in [-0.25, -0.2) is 18.5 Å². The molecule has 0 saturated carbocycles. The number of carbonyl (C=O) groups excluding carboxylic acids is 2. The van der Waals surface area contributed by atoms with Crippen LogP contribution in [0.15, 0.2) is 74.9 Å². The highest BCUT2D eigenvalue weighted by molar-refractivity contribution is 8.19. The lowest BCUT2D eigenvalue weighted by molar-refractivity contribution is -0.113. The van der Waals surface area contributed by atoms with Crippen LogP contribution in [0, 0.1) is 6.92 Å². The van der Waals surface area contributed by atoms with Gasteiger partial charge in [-0.05, 0) is 66.7 Å². The number of amides is 2. The summed E-state index contributed by atoms with van der Waals surface area (Å²) in [7, 11) is -3.77. The molecule has 0 aliphatic carbocycles. The molecule has 3 aromatic rings. The van der Waals surface area contributed by atoms with Crippen molar-refractivity contribution in [2.45, 2.75) is 11.8 Å². The van der Waals surface area contributed by atoms with Gasteiger partial charge in [0.1, 0.15) is 11.5 Å². The summed E-state index contributed by atoms with van der Waals surface area (Å²) in [6.07, 6.45) is 1.52. The number of sulfonamides is 1. The van der Waals surface area contributed by atoms with Crippen LogP contribution in [-0.2, 0) is 14.8 Å². The van der Waals surface area contributed by atoms with Crippen LogP contribution in [-0.4, -0.2) is 19.6 Å². The van der Waals surface area contributed by atoms with Crippen LogP contribution in [0.5, 0.6) is 0 Å². The molecule has 9 heteroatoms. The second-order valence-electron chi connectivity index (χ2n) is 6.58. The zero-order chi connectivity index (χ0) is 21.5. The van der Waals surface area contributed by atoms with Gasteiger partial charge in [0.05, 0.1) is 15.5 Å². The first-order valence-electron chi connectivity index (χ1n) is 8.81. The van der Waals surface area contributed by atoms with E-state index < -0.39 is 15.9 Å². The SMILES string of the molecule is Cc1ccccc1N1C(=O)S/C(=C\c2ccc(-c3ccc(S(N)(=O)=O)cc3)o2)C1=O. The number of rotatable bonds is 4. The second kappa shape index (κ2) is 7.60.